The van der Waals surface area contributed by atoms with Gasteiger partial charge in [-0.3, -0.25) is 0 Å². The molecule has 0 aliphatic carbocycles. The van der Waals surface area contributed by atoms with E-state index < -0.39 is 42.8 Å². The molecule has 1 fully saturated rings. The Hall–Kier alpha value is 0.624. The number of hydrogen-bond donors (Lipinski definition) is 0. The summed E-state index contributed by atoms with van der Waals surface area (Å²) in [5.41, 5.74) is 0. The molecule has 1 aliphatic heterocycles. The second-order valence-corrected chi connectivity index (χ2v) is 25.7. The maximum absolute atomic E-state index is 6.47. The van der Waals surface area contributed by atoms with Crippen LogP contribution in [0, 0.1) is 0 Å². The summed E-state index contributed by atoms with van der Waals surface area (Å²) in [5.74, 6) is 0. The molecular formula is C12H32O5Si5. The van der Waals surface area contributed by atoms with Gasteiger partial charge in [0.25, 0.3) is 0 Å². The molecule has 130 valence electrons. The van der Waals surface area contributed by atoms with Crippen LogP contribution in [0.25, 0.3) is 0 Å². The van der Waals surface area contributed by atoms with Gasteiger partial charge in [-0.05, 0) is 58.9 Å². The Morgan fingerprint density at radius 3 is 1.14 bits per heavy atom. The van der Waals surface area contributed by atoms with E-state index in [0.717, 1.165) is 6.04 Å². The third-order valence-corrected chi connectivity index (χ3v) is 23.1. The Labute approximate surface area is 141 Å². The van der Waals surface area contributed by atoms with Crippen molar-refractivity contribution < 1.29 is 20.6 Å². The predicted molar refractivity (Wildman–Crippen MR) is 102 cm³/mol. The molecule has 0 aromatic rings. The van der Waals surface area contributed by atoms with Crippen LogP contribution < -0.4 is 0 Å². The fraction of sp³-hybridized carbons (Fsp3) is 0.833. The van der Waals surface area contributed by atoms with E-state index in [9.17, 15) is 0 Å². The molecule has 0 saturated carbocycles. The molecule has 0 radical (unpaired) electrons. The summed E-state index contributed by atoms with van der Waals surface area (Å²) < 4.78 is 32.0. The first-order chi connectivity index (χ1) is 9.60. The standard InChI is InChI=1S/C12H32O5Si5/c1-11-12-22(10)16-20(6,7)14-18(2,3)13-19(4,5)15-21(8,9)17-22/h11H,1,12H2,2-10H3. The normalized spacial score (nSPS) is 29.5. The van der Waals surface area contributed by atoms with Crippen molar-refractivity contribution in [3.8, 4) is 0 Å². The predicted octanol–water partition coefficient (Wildman–Crippen LogP) is 4.15. The van der Waals surface area contributed by atoms with Crippen molar-refractivity contribution in [3.05, 3.63) is 12.7 Å². The van der Waals surface area contributed by atoms with E-state index in [2.05, 4.69) is 65.5 Å². The van der Waals surface area contributed by atoms with Crippen LogP contribution in [0.2, 0.25) is 65.0 Å². The van der Waals surface area contributed by atoms with E-state index >= 15 is 0 Å². The van der Waals surface area contributed by atoms with Gasteiger partial charge in [-0.1, -0.05) is 6.08 Å². The van der Waals surface area contributed by atoms with Crippen molar-refractivity contribution >= 4 is 42.8 Å². The first kappa shape index (κ1) is 20.7. The van der Waals surface area contributed by atoms with Crippen LogP contribution in [0.3, 0.4) is 0 Å². The highest BCUT2D eigenvalue weighted by molar-refractivity contribution is 6.93. The van der Waals surface area contributed by atoms with E-state index in [0.29, 0.717) is 0 Å². The Balaban J connectivity index is 3.24. The van der Waals surface area contributed by atoms with Gasteiger partial charge < -0.3 is 20.6 Å². The van der Waals surface area contributed by atoms with Crippen molar-refractivity contribution in [2.75, 3.05) is 0 Å². The van der Waals surface area contributed by atoms with Gasteiger partial charge in [0, 0.05) is 6.04 Å². The third-order valence-electron chi connectivity index (χ3n) is 2.91. The molecule has 0 spiro atoms. The van der Waals surface area contributed by atoms with Crippen LogP contribution in [-0.4, -0.2) is 42.8 Å². The summed E-state index contributed by atoms with van der Waals surface area (Å²) >= 11 is 0. The lowest BCUT2D eigenvalue weighted by Gasteiger charge is -2.47. The molecule has 0 aromatic carbocycles. The third kappa shape index (κ3) is 6.63. The maximum Gasteiger partial charge on any atom is 0.321 e. The molecule has 0 amide bonds. The molecule has 10 heteroatoms. The van der Waals surface area contributed by atoms with E-state index in [1.54, 1.807) is 0 Å². The molecule has 22 heavy (non-hydrogen) atoms. The highest BCUT2D eigenvalue weighted by Gasteiger charge is 2.51. The van der Waals surface area contributed by atoms with E-state index in [-0.39, 0.29) is 0 Å². The molecule has 0 aromatic heterocycles. The Bertz CT molecular complexity index is 394. The van der Waals surface area contributed by atoms with Gasteiger partial charge in [0.2, 0.25) is 0 Å². The fourth-order valence-corrected chi connectivity index (χ4v) is 29.7. The molecule has 0 unspecified atom stereocenters. The molecule has 0 atom stereocenters. The van der Waals surface area contributed by atoms with Crippen LogP contribution >= 0.6 is 0 Å². The lowest BCUT2D eigenvalue weighted by atomic mass is 10.8. The van der Waals surface area contributed by atoms with Gasteiger partial charge in [-0.15, -0.1) is 6.58 Å². The maximum atomic E-state index is 6.47. The number of allylic oxidation sites excluding steroid dienone is 1. The van der Waals surface area contributed by atoms with Crippen molar-refractivity contribution in [2.24, 2.45) is 0 Å². The van der Waals surface area contributed by atoms with E-state index in [4.69, 9.17) is 20.6 Å². The highest BCUT2D eigenvalue weighted by Crippen LogP contribution is 2.32. The molecule has 0 bridgehead atoms. The molecule has 1 rings (SSSR count). The zero-order chi connectivity index (χ0) is 17.4. The first-order valence-corrected chi connectivity index (χ1v) is 21.5. The van der Waals surface area contributed by atoms with Crippen LogP contribution in [0.4, 0.5) is 0 Å². The molecule has 5 nitrogen and oxygen atoms in total. The average molecular weight is 397 g/mol. The minimum atomic E-state index is -2.43. The van der Waals surface area contributed by atoms with Gasteiger partial charge in [-0.2, -0.15) is 0 Å². The summed E-state index contributed by atoms with van der Waals surface area (Å²) in [5, 5.41) is 0. The van der Waals surface area contributed by atoms with E-state index in [1.165, 1.54) is 0 Å². The number of hydrogen-bond acceptors (Lipinski definition) is 5. The highest BCUT2D eigenvalue weighted by atomic mass is 28.5. The monoisotopic (exact) mass is 396 g/mol. The minimum Gasteiger partial charge on any atom is -0.416 e. The van der Waals surface area contributed by atoms with Gasteiger partial charge >= 0.3 is 42.8 Å². The Morgan fingerprint density at radius 2 is 0.864 bits per heavy atom. The largest absolute Gasteiger partial charge is 0.416 e. The molecular weight excluding hydrogens is 365 g/mol. The van der Waals surface area contributed by atoms with Crippen LogP contribution in [0.15, 0.2) is 12.7 Å². The van der Waals surface area contributed by atoms with Crippen LogP contribution in [0.5, 0.6) is 0 Å². The van der Waals surface area contributed by atoms with Gasteiger partial charge in [0.05, 0.1) is 0 Å². The number of rotatable bonds is 2. The van der Waals surface area contributed by atoms with Crippen molar-refractivity contribution in [2.45, 2.75) is 65.0 Å². The molecule has 0 N–H and O–H groups in total. The summed E-state index contributed by atoms with van der Waals surface area (Å²) in [6.07, 6.45) is 1.88. The smallest absolute Gasteiger partial charge is 0.321 e. The Kier molecular flexibility index (Phi) is 6.10. The second-order valence-electron chi connectivity index (χ2n) is 7.74. The minimum absolute atomic E-state index is 0.734. The summed E-state index contributed by atoms with van der Waals surface area (Å²) in [4.78, 5) is 0. The zero-order valence-corrected chi connectivity index (χ0v) is 20.5. The van der Waals surface area contributed by atoms with Gasteiger partial charge in [0.15, 0.2) is 0 Å². The van der Waals surface area contributed by atoms with Crippen molar-refractivity contribution in [1.82, 2.24) is 0 Å². The SMILES string of the molecule is C=CC[Si]1(C)O[Si](C)(C)O[Si](C)(C)O[Si](C)(C)O[Si](C)(C)O1. The van der Waals surface area contributed by atoms with Crippen molar-refractivity contribution in [3.63, 3.8) is 0 Å². The summed E-state index contributed by atoms with van der Waals surface area (Å²) in [6.45, 7) is 22.6. The lowest BCUT2D eigenvalue weighted by Crippen LogP contribution is -2.64. The molecule has 1 saturated heterocycles. The zero-order valence-electron chi connectivity index (χ0n) is 15.5. The van der Waals surface area contributed by atoms with Gasteiger partial charge in [0.1, 0.15) is 0 Å². The lowest BCUT2D eigenvalue weighted by molar-refractivity contribution is 0.237. The van der Waals surface area contributed by atoms with E-state index in [1.807, 2.05) is 6.08 Å². The second kappa shape index (κ2) is 6.50. The molecule has 1 heterocycles. The fourth-order valence-electron chi connectivity index (χ4n) is 3.27. The average Bonchev–Trinajstić information content (AvgIpc) is 2.04. The molecule has 1 aliphatic rings. The summed E-state index contributed by atoms with van der Waals surface area (Å²) in [6, 6.07) is 0.734. The first-order valence-electron chi connectivity index (χ1n) is 7.71. The quantitative estimate of drug-likeness (QED) is 0.518. The Morgan fingerprint density at radius 1 is 0.591 bits per heavy atom. The van der Waals surface area contributed by atoms with Gasteiger partial charge in [-0.25, -0.2) is 0 Å². The topological polar surface area (TPSA) is 46.2 Å². The van der Waals surface area contributed by atoms with Crippen LogP contribution in [0.1, 0.15) is 0 Å². The van der Waals surface area contributed by atoms with Crippen molar-refractivity contribution in [1.29, 1.82) is 0 Å². The van der Waals surface area contributed by atoms with Crippen LogP contribution in [-0.2, 0) is 20.6 Å². The summed E-state index contributed by atoms with van der Waals surface area (Å²) in [7, 11) is -11.7.